The van der Waals surface area contributed by atoms with E-state index in [1.165, 1.54) is 0 Å². The minimum absolute atomic E-state index is 0.0728. The van der Waals surface area contributed by atoms with E-state index in [9.17, 15) is 4.79 Å². The van der Waals surface area contributed by atoms with Crippen LogP contribution in [0.15, 0.2) is 45.9 Å². The summed E-state index contributed by atoms with van der Waals surface area (Å²) in [6, 6.07) is 7.91. The molecule has 0 radical (unpaired) electrons. The first-order chi connectivity index (χ1) is 9.22. The number of benzene rings is 1. The van der Waals surface area contributed by atoms with E-state index < -0.39 is 0 Å². The number of nitrogens with zero attached hydrogens (tertiary/aromatic N) is 2. The van der Waals surface area contributed by atoms with Gasteiger partial charge < -0.3 is 9.88 Å². The van der Waals surface area contributed by atoms with Crippen LogP contribution in [0.1, 0.15) is 18.9 Å². The Kier molecular flexibility index (Phi) is 4.74. The number of aryl methyl sites for hydroxylation is 1. The summed E-state index contributed by atoms with van der Waals surface area (Å²) in [6.07, 6.45) is 4.29. The third-order valence-electron chi connectivity index (χ3n) is 2.78. The molecule has 0 aliphatic carbocycles. The normalized spacial score (nSPS) is 10.4. The Morgan fingerprint density at radius 1 is 1.37 bits per heavy atom. The Bertz CT molecular complexity index is 610. The highest BCUT2D eigenvalue weighted by Gasteiger charge is 2.05. The van der Waals surface area contributed by atoms with E-state index in [4.69, 9.17) is 0 Å². The number of hydrogen-bond acceptors (Lipinski definition) is 3. The first kappa shape index (κ1) is 13.8. The molecule has 19 heavy (non-hydrogen) atoms. The Hall–Kier alpha value is -1.62. The average Bonchev–Trinajstić information content (AvgIpc) is 2.42. The van der Waals surface area contributed by atoms with Crippen LogP contribution in [0, 0.1) is 0 Å². The molecule has 0 amide bonds. The van der Waals surface area contributed by atoms with Gasteiger partial charge >= 0.3 is 0 Å². The molecular formula is C14H16BrN3O. The molecule has 5 heteroatoms. The first-order valence-electron chi connectivity index (χ1n) is 6.25. The van der Waals surface area contributed by atoms with E-state index in [-0.39, 0.29) is 5.56 Å². The third kappa shape index (κ3) is 3.44. The first-order valence-corrected chi connectivity index (χ1v) is 7.04. The van der Waals surface area contributed by atoms with Gasteiger partial charge in [-0.25, -0.2) is 4.98 Å². The number of rotatable bonds is 5. The summed E-state index contributed by atoms with van der Waals surface area (Å²) >= 11 is 3.48. The molecule has 1 aromatic carbocycles. The molecule has 0 bridgehead atoms. The number of anilines is 1. The van der Waals surface area contributed by atoms with Crippen LogP contribution in [0.5, 0.6) is 0 Å². The van der Waals surface area contributed by atoms with Crippen molar-refractivity contribution in [1.82, 2.24) is 9.55 Å². The molecule has 0 spiro atoms. The molecular weight excluding hydrogens is 306 g/mol. The number of nitrogens with one attached hydrogen (secondary N) is 1. The summed E-state index contributed by atoms with van der Waals surface area (Å²) in [5, 5.41) is 3.09. The van der Waals surface area contributed by atoms with Gasteiger partial charge in [-0.05, 0) is 18.1 Å². The highest BCUT2D eigenvalue weighted by atomic mass is 79.9. The van der Waals surface area contributed by atoms with Crippen LogP contribution < -0.4 is 10.9 Å². The molecule has 0 aliphatic rings. The third-order valence-corrected chi connectivity index (χ3v) is 3.56. The summed E-state index contributed by atoms with van der Waals surface area (Å²) in [4.78, 5) is 16.2. The topological polar surface area (TPSA) is 46.9 Å². The largest absolute Gasteiger partial charge is 0.361 e. The Morgan fingerprint density at radius 2 is 2.16 bits per heavy atom. The standard InChI is InChI=1S/C14H16BrN3O/c1-2-8-18-9-7-16-13(14(18)19)17-10-11-5-3-4-6-12(11)15/h3-7,9H,2,8,10H2,1H3,(H,16,17). The molecule has 1 aromatic heterocycles. The summed E-state index contributed by atoms with van der Waals surface area (Å²) in [7, 11) is 0. The van der Waals surface area contributed by atoms with Gasteiger partial charge in [-0.15, -0.1) is 0 Å². The molecule has 2 rings (SSSR count). The molecule has 1 N–H and O–H groups in total. The van der Waals surface area contributed by atoms with Crippen molar-refractivity contribution >= 4 is 21.7 Å². The summed E-state index contributed by atoms with van der Waals surface area (Å²) in [5.41, 5.74) is 1.02. The Morgan fingerprint density at radius 3 is 2.89 bits per heavy atom. The number of halogens is 1. The van der Waals surface area contributed by atoms with E-state index in [1.54, 1.807) is 17.0 Å². The lowest BCUT2D eigenvalue weighted by molar-refractivity contribution is 0.649. The van der Waals surface area contributed by atoms with Crippen molar-refractivity contribution in [1.29, 1.82) is 0 Å². The van der Waals surface area contributed by atoms with Crippen molar-refractivity contribution in [3.63, 3.8) is 0 Å². The highest BCUT2D eigenvalue weighted by Crippen LogP contribution is 2.16. The molecule has 0 fully saturated rings. The maximum absolute atomic E-state index is 12.1. The van der Waals surface area contributed by atoms with Crippen molar-refractivity contribution in [3.05, 3.63) is 57.0 Å². The van der Waals surface area contributed by atoms with E-state index in [1.807, 2.05) is 31.2 Å². The lowest BCUT2D eigenvalue weighted by atomic mass is 10.2. The van der Waals surface area contributed by atoms with E-state index in [0.717, 1.165) is 16.5 Å². The lowest BCUT2D eigenvalue weighted by Crippen LogP contribution is -2.24. The molecule has 1 heterocycles. The van der Waals surface area contributed by atoms with Crippen LogP contribution in [0.25, 0.3) is 0 Å². The molecule has 4 nitrogen and oxygen atoms in total. The van der Waals surface area contributed by atoms with Gasteiger partial charge in [-0.2, -0.15) is 0 Å². The lowest BCUT2D eigenvalue weighted by Gasteiger charge is -2.09. The zero-order valence-electron chi connectivity index (χ0n) is 10.8. The smallest absolute Gasteiger partial charge is 0.293 e. The summed E-state index contributed by atoms with van der Waals surface area (Å²) in [5.74, 6) is 0.395. The quantitative estimate of drug-likeness (QED) is 0.920. The second-order valence-corrected chi connectivity index (χ2v) is 5.07. The van der Waals surface area contributed by atoms with Gasteiger partial charge in [0.1, 0.15) is 0 Å². The number of hydrogen-bond donors (Lipinski definition) is 1. The van der Waals surface area contributed by atoms with Crippen molar-refractivity contribution < 1.29 is 0 Å². The predicted octanol–water partition coefficient (Wildman–Crippen LogP) is 3.03. The zero-order valence-corrected chi connectivity index (χ0v) is 12.4. The number of aromatic nitrogens is 2. The van der Waals surface area contributed by atoms with E-state index in [0.29, 0.717) is 18.9 Å². The molecule has 0 unspecified atom stereocenters. The van der Waals surface area contributed by atoms with Crippen LogP contribution in [0.4, 0.5) is 5.82 Å². The van der Waals surface area contributed by atoms with Crippen LogP contribution in [-0.2, 0) is 13.1 Å². The van der Waals surface area contributed by atoms with Gasteiger partial charge in [0.05, 0.1) is 0 Å². The fourth-order valence-corrected chi connectivity index (χ4v) is 2.23. The van der Waals surface area contributed by atoms with Gasteiger partial charge in [-0.3, -0.25) is 4.79 Å². The van der Waals surface area contributed by atoms with Crippen molar-refractivity contribution in [2.24, 2.45) is 0 Å². The second kappa shape index (κ2) is 6.52. The van der Waals surface area contributed by atoms with Crippen molar-refractivity contribution in [2.75, 3.05) is 5.32 Å². The van der Waals surface area contributed by atoms with Crippen LogP contribution in [-0.4, -0.2) is 9.55 Å². The molecule has 0 aliphatic heterocycles. The fourth-order valence-electron chi connectivity index (χ4n) is 1.81. The van der Waals surface area contributed by atoms with Crippen LogP contribution in [0.3, 0.4) is 0 Å². The second-order valence-electron chi connectivity index (χ2n) is 4.22. The average molecular weight is 322 g/mol. The maximum atomic E-state index is 12.1. The van der Waals surface area contributed by atoms with Gasteiger partial charge in [0.2, 0.25) is 0 Å². The summed E-state index contributed by atoms with van der Waals surface area (Å²) in [6.45, 7) is 3.33. The van der Waals surface area contributed by atoms with Gasteiger partial charge in [0, 0.05) is 30.0 Å². The van der Waals surface area contributed by atoms with Crippen LogP contribution in [0.2, 0.25) is 0 Å². The van der Waals surface area contributed by atoms with E-state index >= 15 is 0 Å². The molecule has 0 saturated heterocycles. The summed E-state index contributed by atoms with van der Waals surface area (Å²) < 4.78 is 2.70. The minimum atomic E-state index is -0.0728. The minimum Gasteiger partial charge on any atom is -0.361 e. The van der Waals surface area contributed by atoms with Crippen molar-refractivity contribution in [2.45, 2.75) is 26.4 Å². The van der Waals surface area contributed by atoms with Gasteiger partial charge in [0.25, 0.3) is 5.56 Å². The predicted molar refractivity (Wildman–Crippen MR) is 80.3 cm³/mol. The molecule has 0 saturated carbocycles. The van der Waals surface area contributed by atoms with Crippen molar-refractivity contribution in [3.8, 4) is 0 Å². The molecule has 2 aromatic rings. The highest BCUT2D eigenvalue weighted by molar-refractivity contribution is 9.10. The fraction of sp³-hybridized carbons (Fsp3) is 0.286. The van der Waals surface area contributed by atoms with Crippen LogP contribution >= 0.6 is 15.9 Å². The Balaban J connectivity index is 2.14. The van der Waals surface area contributed by atoms with Gasteiger partial charge in [-0.1, -0.05) is 41.1 Å². The SMILES string of the molecule is CCCn1ccnc(NCc2ccccc2Br)c1=O. The monoisotopic (exact) mass is 321 g/mol. The molecule has 100 valence electrons. The zero-order chi connectivity index (χ0) is 13.7. The van der Waals surface area contributed by atoms with Gasteiger partial charge in [0.15, 0.2) is 5.82 Å². The maximum Gasteiger partial charge on any atom is 0.293 e. The van der Waals surface area contributed by atoms with E-state index in [2.05, 4.69) is 26.2 Å². The Labute approximate surface area is 120 Å². The molecule has 0 atom stereocenters.